The molecule has 0 bridgehead atoms. The lowest BCUT2D eigenvalue weighted by atomic mass is 10.1. The van der Waals surface area contributed by atoms with Crippen LogP contribution in [0.2, 0.25) is 0 Å². The van der Waals surface area contributed by atoms with Crippen LogP contribution in [0.15, 0.2) is 71.1 Å². The molecule has 3 heterocycles. The fourth-order valence-electron chi connectivity index (χ4n) is 4.75. The van der Waals surface area contributed by atoms with Gasteiger partial charge in [0.05, 0.1) is 39.6 Å². The van der Waals surface area contributed by atoms with E-state index in [2.05, 4.69) is 23.1 Å². The van der Waals surface area contributed by atoms with Crippen molar-refractivity contribution in [2.45, 2.75) is 6.42 Å². The van der Waals surface area contributed by atoms with E-state index in [4.69, 9.17) is 33.3 Å². The fourth-order valence-corrected chi connectivity index (χ4v) is 4.75. The lowest BCUT2D eigenvalue weighted by molar-refractivity contribution is 0.122. The van der Waals surface area contributed by atoms with Gasteiger partial charge in [0, 0.05) is 35.8 Å². The van der Waals surface area contributed by atoms with E-state index in [1.807, 2.05) is 48.5 Å². The van der Waals surface area contributed by atoms with Gasteiger partial charge in [0.25, 0.3) is 0 Å². The molecule has 1 aliphatic heterocycles. The highest BCUT2D eigenvalue weighted by molar-refractivity contribution is 5.94. The number of methoxy groups -OCH3 is 2. The molecule has 0 N–H and O–H groups in total. The number of hydrogen-bond acceptors (Lipinski definition) is 8. The Bertz CT molecular complexity index is 1540. The van der Waals surface area contributed by atoms with Crippen molar-refractivity contribution in [2.75, 3.05) is 52.0 Å². The predicted octanol–water partition coefficient (Wildman–Crippen LogP) is 5.52. The molecule has 0 atom stereocenters. The van der Waals surface area contributed by atoms with Crippen LogP contribution in [0.4, 0.5) is 5.82 Å². The first kappa shape index (κ1) is 24.1. The maximum absolute atomic E-state index is 6.12. The van der Waals surface area contributed by atoms with Crippen LogP contribution in [0.5, 0.6) is 17.5 Å². The summed E-state index contributed by atoms with van der Waals surface area (Å²) in [5, 5.41) is 2.03. The van der Waals surface area contributed by atoms with Gasteiger partial charge in [0.1, 0.15) is 17.2 Å². The second-order valence-corrected chi connectivity index (χ2v) is 9.10. The number of hydrogen-bond donors (Lipinski definition) is 0. The third-order valence-electron chi connectivity index (χ3n) is 6.75. The smallest absolute Gasteiger partial charge is 0.318 e. The zero-order chi connectivity index (χ0) is 25.9. The maximum Gasteiger partial charge on any atom is 0.318 e. The van der Waals surface area contributed by atoms with Gasteiger partial charge in [-0.1, -0.05) is 24.3 Å². The van der Waals surface area contributed by atoms with Crippen molar-refractivity contribution in [2.24, 2.45) is 0 Å². The van der Waals surface area contributed by atoms with Crippen LogP contribution in [0.3, 0.4) is 0 Å². The number of ether oxygens (including phenoxy) is 4. The van der Waals surface area contributed by atoms with Crippen molar-refractivity contribution in [3.05, 3.63) is 72.3 Å². The molecule has 0 aliphatic carbocycles. The summed E-state index contributed by atoms with van der Waals surface area (Å²) in [5.41, 5.74) is 3.74. The van der Waals surface area contributed by atoms with Crippen LogP contribution in [0.1, 0.15) is 5.56 Å². The topological polar surface area (TPSA) is 79.1 Å². The first-order valence-electron chi connectivity index (χ1n) is 12.7. The van der Waals surface area contributed by atoms with E-state index in [1.165, 1.54) is 0 Å². The molecule has 8 heteroatoms. The number of fused-ring (bicyclic) bond motifs is 2. The van der Waals surface area contributed by atoms with E-state index in [9.17, 15) is 0 Å². The minimum atomic E-state index is 0.357. The molecule has 0 radical (unpaired) electrons. The minimum Gasteiger partial charge on any atom is -0.493 e. The molecule has 0 spiro atoms. The minimum absolute atomic E-state index is 0.357. The van der Waals surface area contributed by atoms with Crippen molar-refractivity contribution in [3.8, 4) is 28.8 Å². The van der Waals surface area contributed by atoms with Gasteiger partial charge in [-0.2, -0.15) is 9.97 Å². The van der Waals surface area contributed by atoms with Crippen molar-refractivity contribution >= 4 is 27.7 Å². The number of morpholine rings is 1. The Morgan fingerprint density at radius 3 is 2.53 bits per heavy atom. The molecule has 8 nitrogen and oxygen atoms in total. The Morgan fingerprint density at radius 1 is 0.868 bits per heavy atom. The first-order valence-corrected chi connectivity index (χ1v) is 12.7. The number of anilines is 1. The molecule has 0 amide bonds. The predicted molar refractivity (Wildman–Crippen MR) is 147 cm³/mol. The molecule has 1 fully saturated rings. The summed E-state index contributed by atoms with van der Waals surface area (Å²) in [6.07, 6.45) is 0.680. The summed E-state index contributed by atoms with van der Waals surface area (Å²) in [4.78, 5) is 11.8. The van der Waals surface area contributed by atoms with Crippen LogP contribution in [0, 0.1) is 0 Å². The normalized spacial score (nSPS) is 13.7. The number of nitrogens with zero attached hydrogens (tertiary/aromatic N) is 3. The maximum atomic E-state index is 6.12. The Morgan fingerprint density at radius 2 is 1.71 bits per heavy atom. The molecule has 0 saturated carbocycles. The van der Waals surface area contributed by atoms with Crippen molar-refractivity contribution in [1.82, 2.24) is 9.97 Å². The molecule has 0 unspecified atom stereocenters. The molecule has 6 rings (SSSR count). The summed E-state index contributed by atoms with van der Waals surface area (Å²) in [7, 11) is 3.26. The van der Waals surface area contributed by atoms with Crippen molar-refractivity contribution < 1.29 is 23.4 Å². The standard InChI is InChI=1S/C30H29N3O5/c1-34-26-10-7-20(17-28(26)35-2)11-14-37-30-31-24-9-8-22(27-19-21-5-3-4-6-25(21)38-27)18-23(24)29(32-30)33-12-15-36-16-13-33/h3-10,17-19H,11-16H2,1-2H3. The quantitative estimate of drug-likeness (QED) is 0.270. The summed E-state index contributed by atoms with van der Waals surface area (Å²) >= 11 is 0. The number of rotatable bonds is 8. The Kier molecular flexibility index (Phi) is 6.71. The average molecular weight is 512 g/mol. The van der Waals surface area contributed by atoms with Gasteiger partial charge in [0.2, 0.25) is 0 Å². The molecule has 5 aromatic rings. The monoisotopic (exact) mass is 511 g/mol. The van der Waals surface area contributed by atoms with E-state index in [-0.39, 0.29) is 0 Å². The highest BCUT2D eigenvalue weighted by atomic mass is 16.5. The van der Waals surface area contributed by atoms with E-state index in [0.29, 0.717) is 43.8 Å². The van der Waals surface area contributed by atoms with Crippen LogP contribution in [-0.2, 0) is 11.2 Å². The molecule has 1 saturated heterocycles. The summed E-state index contributed by atoms with van der Waals surface area (Å²) in [6, 6.07) is 22.5. The van der Waals surface area contributed by atoms with Crippen LogP contribution >= 0.6 is 0 Å². The Balaban J connectivity index is 1.29. The molecular formula is C30H29N3O5. The van der Waals surface area contributed by atoms with Crippen molar-refractivity contribution in [3.63, 3.8) is 0 Å². The largest absolute Gasteiger partial charge is 0.493 e. The second kappa shape index (κ2) is 10.6. The molecular weight excluding hydrogens is 482 g/mol. The van der Waals surface area contributed by atoms with Gasteiger partial charge >= 0.3 is 6.01 Å². The van der Waals surface area contributed by atoms with E-state index in [0.717, 1.165) is 57.7 Å². The zero-order valence-corrected chi connectivity index (χ0v) is 21.5. The highest BCUT2D eigenvalue weighted by Gasteiger charge is 2.19. The summed E-state index contributed by atoms with van der Waals surface area (Å²) < 4.78 is 28.5. The van der Waals surface area contributed by atoms with E-state index < -0.39 is 0 Å². The molecule has 194 valence electrons. The van der Waals surface area contributed by atoms with Gasteiger partial charge in [-0.05, 0) is 48.0 Å². The fraction of sp³-hybridized carbons (Fsp3) is 0.267. The van der Waals surface area contributed by atoms with Crippen LogP contribution < -0.4 is 19.1 Å². The highest BCUT2D eigenvalue weighted by Crippen LogP contribution is 2.34. The van der Waals surface area contributed by atoms with Gasteiger partial charge in [-0.3, -0.25) is 0 Å². The van der Waals surface area contributed by atoms with Crippen LogP contribution in [0.25, 0.3) is 33.2 Å². The molecule has 1 aliphatic rings. The molecule has 2 aromatic heterocycles. The zero-order valence-electron chi connectivity index (χ0n) is 21.5. The van der Waals surface area contributed by atoms with Gasteiger partial charge < -0.3 is 28.3 Å². The number of para-hydroxylation sites is 1. The number of furan rings is 1. The summed E-state index contributed by atoms with van der Waals surface area (Å²) in [6.45, 7) is 3.26. The second-order valence-electron chi connectivity index (χ2n) is 9.10. The molecule has 38 heavy (non-hydrogen) atoms. The van der Waals surface area contributed by atoms with E-state index >= 15 is 0 Å². The third kappa shape index (κ3) is 4.82. The van der Waals surface area contributed by atoms with Crippen molar-refractivity contribution in [1.29, 1.82) is 0 Å². The van der Waals surface area contributed by atoms with E-state index in [1.54, 1.807) is 14.2 Å². The average Bonchev–Trinajstić information content (AvgIpc) is 3.41. The van der Waals surface area contributed by atoms with Gasteiger partial charge in [0.15, 0.2) is 11.5 Å². The number of benzene rings is 3. The van der Waals surface area contributed by atoms with Gasteiger partial charge in [-0.15, -0.1) is 0 Å². The SMILES string of the molecule is COc1ccc(CCOc2nc(N3CCOCC3)c3cc(-c4cc5ccccc5o4)ccc3n2)cc1OC. The van der Waals surface area contributed by atoms with Gasteiger partial charge in [-0.25, -0.2) is 0 Å². The lowest BCUT2D eigenvalue weighted by Gasteiger charge is -2.29. The summed E-state index contributed by atoms with van der Waals surface area (Å²) in [5.74, 6) is 3.06. The first-order chi connectivity index (χ1) is 18.7. The van der Waals surface area contributed by atoms with Crippen LogP contribution in [-0.4, -0.2) is 57.1 Å². The molecule has 3 aromatic carbocycles. The lowest BCUT2D eigenvalue weighted by Crippen LogP contribution is -2.37. The number of aromatic nitrogens is 2. The third-order valence-corrected chi connectivity index (χ3v) is 6.75. The Labute approximate surface area is 220 Å². The Hall–Kier alpha value is -4.30.